The monoisotopic (exact) mass is 243 g/mol. The Bertz CT molecular complexity index is 688. The number of hydrogen-bond acceptors (Lipinski definition) is 1. The molecule has 3 rings (SSSR count). The van der Waals surface area contributed by atoms with Crippen molar-refractivity contribution in [1.82, 2.24) is 4.98 Å². The van der Waals surface area contributed by atoms with Crippen LogP contribution >= 0.6 is 11.6 Å². The van der Waals surface area contributed by atoms with Gasteiger partial charge in [-0.05, 0) is 18.2 Å². The van der Waals surface area contributed by atoms with Gasteiger partial charge in [0.25, 0.3) is 0 Å². The second kappa shape index (κ2) is 3.82. The zero-order valence-corrected chi connectivity index (χ0v) is 9.70. The van der Waals surface area contributed by atoms with Crippen LogP contribution < -0.4 is 0 Å². The number of benzene rings is 2. The van der Waals surface area contributed by atoms with Gasteiger partial charge in [-0.2, -0.15) is 0 Å². The van der Waals surface area contributed by atoms with Crippen molar-refractivity contribution >= 4 is 22.5 Å². The minimum Gasteiger partial charge on any atom is -0.508 e. The van der Waals surface area contributed by atoms with E-state index in [1.54, 1.807) is 12.1 Å². The molecule has 0 fully saturated rings. The molecular weight excluding hydrogens is 234 g/mol. The van der Waals surface area contributed by atoms with Crippen molar-refractivity contribution in [3.05, 3.63) is 53.7 Å². The molecule has 0 saturated heterocycles. The fraction of sp³-hybridized carbons (Fsp3) is 0. The van der Waals surface area contributed by atoms with Crippen LogP contribution in [0.3, 0.4) is 0 Å². The van der Waals surface area contributed by atoms with Gasteiger partial charge in [-0.25, -0.2) is 0 Å². The predicted molar refractivity (Wildman–Crippen MR) is 70.4 cm³/mol. The number of halogens is 1. The van der Waals surface area contributed by atoms with Crippen LogP contribution in [0.4, 0.5) is 0 Å². The highest BCUT2D eigenvalue weighted by molar-refractivity contribution is 6.33. The third kappa shape index (κ3) is 1.67. The summed E-state index contributed by atoms with van der Waals surface area (Å²) >= 11 is 6.18. The van der Waals surface area contributed by atoms with E-state index >= 15 is 0 Å². The van der Waals surface area contributed by atoms with Crippen molar-refractivity contribution in [3.8, 4) is 16.9 Å². The van der Waals surface area contributed by atoms with Gasteiger partial charge in [-0.1, -0.05) is 29.8 Å². The van der Waals surface area contributed by atoms with Crippen LogP contribution in [-0.4, -0.2) is 10.1 Å². The summed E-state index contributed by atoms with van der Waals surface area (Å²) < 4.78 is 0. The highest BCUT2D eigenvalue weighted by Crippen LogP contribution is 2.34. The molecule has 0 atom stereocenters. The highest BCUT2D eigenvalue weighted by Gasteiger charge is 2.08. The smallest absolute Gasteiger partial charge is 0.117 e. The number of hydrogen-bond donors (Lipinski definition) is 2. The van der Waals surface area contributed by atoms with Crippen LogP contribution in [0, 0.1) is 0 Å². The molecule has 2 N–H and O–H groups in total. The number of aromatic nitrogens is 1. The molecule has 2 nitrogen and oxygen atoms in total. The van der Waals surface area contributed by atoms with Crippen molar-refractivity contribution in [2.45, 2.75) is 0 Å². The number of rotatable bonds is 1. The van der Waals surface area contributed by atoms with E-state index in [1.807, 2.05) is 36.5 Å². The SMILES string of the molecule is Oc1ccc2c(-c3ccccc3Cl)c[nH]c2c1. The van der Waals surface area contributed by atoms with Gasteiger partial charge in [0.1, 0.15) is 5.75 Å². The van der Waals surface area contributed by atoms with Crippen molar-refractivity contribution in [3.63, 3.8) is 0 Å². The van der Waals surface area contributed by atoms with Crippen molar-refractivity contribution in [2.24, 2.45) is 0 Å². The van der Waals surface area contributed by atoms with Gasteiger partial charge in [0.05, 0.1) is 0 Å². The second-order valence-corrected chi connectivity index (χ2v) is 4.32. The Morgan fingerprint density at radius 3 is 2.65 bits per heavy atom. The van der Waals surface area contributed by atoms with Crippen LogP contribution in [0.5, 0.6) is 5.75 Å². The quantitative estimate of drug-likeness (QED) is 0.660. The molecule has 0 unspecified atom stereocenters. The lowest BCUT2D eigenvalue weighted by Gasteiger charge is -2.02. The highest BCUT2D eigenvalue weighted by atomic mass is 35.5. The molecule has 0 aliphatic heterocycles. The van der Waals surface area contributed by atoms with E-state index in [0.29, 0.717) is 0 Å². The molecule has 84 valence electrons. The van der Waals surface area contributed by atoms with E-state index in [4.69, 9.17) is 11.6 Å². The Kier molecular flexibility index (Phi) is 2.30. The first-order valence-electron chi connectivity index (χ1n) is 5.31. The van der Waals surface area contributed by atoms with E-state index in [9.17, 15) is 5.11 Å². The molecule has 0 radical (unpaired) electrons. The maximum atomic E-state index is 9.42. The summed E-state index contributed by atoms with van der Waals surface area (Å²) in [5.74, 6) is 0.255. The Morgan fingerprint density at radius 2 is 1.82 bits per heavy atom. The summed E-state index contributed by atoms with van der Waals surface area (Å²) in [5, 5.41) is 11.2. The lowest BCUT2D eigenvalue weighted by atomic mass is 10.0. The topological polar surface area (TPSA) is 36.0 Å². The molecule has 0 spiro atoms. The van der Waals surface area contributed by atoms with E-state index in [-0.39, 0.29) is 5.75 Å². The van der Waals surface area contributed by atoms with Gasteiger partial charge in [0.2, 0.25) is 0 Å². The van der Waals surface area contributed by atoms with Crippen LogP contribution in [0.15, 0.2) is 48.7 Å². The first kappa shape index (κ1) is 10.2. The first-order valence-corrected chi connectivity index (χ1v) is 5.68. The third-order valence-corrected chi connectivity index (χ3v) is 3.16. The largest absolute Gasteiger partial charge is 0.508 e. The average molecular weight is 244 g/mol. The average Bonchev–Trinajstić information content (AvgIpc) is 2.72. The Labute approximate surface area is 103 Å². The molecular formula is C14H10ClNO. The minimum atomic E-state index is 0.255. The molecule has 3 heteroatoms. The lowest BCUT2D eigenvalue weighted by molar-refractivity contribution is 0.476. The molecule has 0 saturated carbocycles. The van der Waals surface area contributed by atoms with Crippen molar-refractivity contribution in [1.29, 1.82) is 0 Å². The van der Waals surface area contributed by atoms with Gasteiger partial charge < -0.3 is 10.1 Å². The summed E-state index contributed by atoms with van der Waals surface area (Å²) in [6, 6.07) is 13.0. The zero-order valence-electron chi connectivity index (χ0n) is 8.94. The first-order chi connectivity index (χ1) is 8.25. The predicted octanol–water partition coefficient (Wildman–Crippen LogP) is 4.19. The number of phenols is 1. The van der Waals surface area contributed by atoms with E-state index in [2.05, 4.69) is 4.98 Å². The number of aromatic amines is 1. The Balaban J connectivity index is 2.29. The summed E-state index contributed by atoms with van der Waals surface area (Å²) in [6.45, 7) is 0. The fourth-order valence-electron chi connectivity index (χ4n) is 2.02. The van der Waals surface area contributed by atoms with E-state index < -0.39 is 0 Å². The summed E-state index contributed by atoms with van der Waals surface area (Å²) in [7, 11) is 0. The molecule has 0 bridgehead atoms. The molecule has 17 heavy (non-hydrogen) atoms. The van der Waals surface area contributed by atoms with Crippen LogP contribution in [0.1, 0.15) is 0 Å². The van der Waals surface area contributed by atoms with Crippen LogP contribution in [0.25, 0.3) is 22.0 Å². The normalized spacial score (nSPS) is 10.9. The summed E-state index contributed by atoms with van der Waals surface area (Å²) in [4.78, 5) is 3.14. The number of fused-ring (bicyclic) bond motifs is 1. The van der Waals surface area contributed by atoms with Crippen molar-refractivity contribution < 1.29 is 5.11 Å². The lowest BCUT2D eigenvalue weighted by Crippen LogP contribution is -1.76. The van der Waals surface area contributed by atoms with Gasteiger partial charge in [-0.3, -0.25) is 0 Å². The van der Waals surface area contributed by atoms with Gasteiger partial charge >= 0.3 is 0 Å². The minimum absolute atomic E-state index is 0.255. The molecule has 0 amide bonds. The fourth-order valence-corrected chi connectivity index (χ4v) is 2.25. The second-order valence-electron chi connectivity index (χ2n) is 3.91. The van der Waals surface area contributed by atoms with Gasteiger partial charge in [0, 0.05) is 39.3 Å². The van der Waals surface area contributed by atoms with E-state index in [0.717, 1.165) is 27.1 Å². The molecule has 1 heterocycles. The number of H-pyrrole nitrogens is 1. The summed E-state index contributed by atoms with van der Waals surface area (Å²) in [5.41, 5.74) is 2.94. The maximum Gasteiger partial charge on any atom is 0.117 e. The standard InChI is InChI=1S/C14H10ClNO/c15-13-4-2-1-3-10(13)12-8-16-14-7-9(17)5-6-11(12)14/h1-8,16-17H. The number of nitrogens with one attached hydrogen (secondary N) is 1. The molecule has 0 aliphatic rings. The Hall–Kier alpha value is -1.93. The number of phenolic OH excluding ortho intramolecular Hbond substituents is 1. The van der Waals surface area contributed by atoms with Gasteiger partial charge in [-0.15, -0.1) is 0 Å². The zero-order chi connectivity index (χ0) is 11.8. The van der Waals surface area contributed by atoms with Crippen molar-refractivity contribution in [2.75, 3.05) is 0 Å². The maximum absolute atomic E-state index is 9.42. The van der Waals surface area contributed by atoms with Gasteiger partial charge in [0.15, 0.2) is 0 Å². The molecule has 0 aliphatic carbocycles. The molecule has 3 aromatic rings. The van der Waals surface area contributed by atoms with E-state index in [1.165, 1.54) is 0 Å². The molecule has 2 aromatic carbocycles. The third-order valence-electron chi connectivity index (χ3n) is 2.83. The Morgan fingerprint density at radius 1 is 1.00 bits per heavy atom. The van der Waals surface area contributed by atoms with Crippen LogP contribution in [-0.2, 0) is 0 Å². The van der Waals surface area contributed by atoms with Crippen LogP contribution in [0.2, 0.25) is 5.02 Å². The summed E-state index contributed by atoms with van der Waals surface area (Å²) in [6.07, 6.45) is 1.91. The number of aromatic hydroxyl groups is 1. The molecule has 1 aromatic heterocycles.